The quantitative estimate of drug-likeness (QED) is 0.706. The van der Waals surface area contributed by atoms with Crippen molar-refractivity contribution in [1.82, 2.24) is 9.55 Å². The molecule has 1 aromatic rings. The average molecular weight is 182 g/mol. The van der Waals surface area contributed by atoms with E-state index >= 15 is 0 Å². The Kier molecular flexibility index (Phi) is 3.76. The van der Waals surface area contributed by atoms with E-state index in [0.29, 0.717) is 0 Å². The lowest BCUT2D eigenvalue weighted by Gasteiger charge is -1.99. The fourth-order valence-electron chi connectivity index (χ4n) is 1.25. The highest BCUT2D eigenvalue weighted by molar-refractivity contribution is 5.28. The van der Waals surface area contributed by atoms with Gasteiger partial charge in [-0.1, -0.05) is 0 Å². The van der Waals surface area contributed by atoms with Crippen molar-refractivity contribution in [2.24, 2.45) is 12.8 Å². The van der Waals surface area contributed by atoms with E-state index in [2.05, 4.69) is 17.2 Å². The van der Waals surface area contributed by atoms with Crippen LogP contribution in [-0.4, -0.2) is 22.6 Å². The molecular formula is C9H18N4. The van der Waals surface area contributed by atoms with Gasteiger partial charge in [-0.25, -0.2) is 4.98 Å². The molecule has 0 spiro atoms. The smallest absolute Gasteiger partial charge is 0.202 e. The molecule has 4 nitrogen and oxygen atoms in total. The monoisotopic (exact) mass is 182 g/mol. The van der Waals surface area contributed by atoms with E-state index in [-0.39, 0.29) is 0 Å². The molecule has 0 aliphatic rings. The molecule has 0 bridgehead atoms. The molecule has 13 heavy (non-hydrogen) atoms. The van der Waals surface area contributed by atoms with E-state index in [4.69, 9.17) is 5.73 Å². The summed E-state index contributed by atoms with van der Waals surface area (Å²) in [5.41, 5.74) is 6.54. The second-order valence-corrected chi connectivity index (χ2v) is 3.09. The maximum Gasteiger partial charge on any atom is 0.202 e. The van der Waals surface area contributed by atoms with Gasteiger partial charge in [0, 0.05) is 19.8 Å². The number of aryl methyl sites for hydroxylation is 2. The molecule has 3 N–H and O–H groups in total. The van der Waals surface area contributed by atoms with Crippen LogP contribution in [0.2, 0.25) is 0 Å². The summed E-state index contributed by atoms with van der Waals surface area (Å²) in [6, 6.07) is 0. The van der Waals surface area contributed by atoms with Crippen molar-refractivity contribution < 1.29 is 0 Å². The van der Waals surface area contributed by atoms with Crippen LogP contribution in [0.1, 0.15) is 19.0 Å². The van der Waals surface area contributed by atoms with Gasteiger partial charge in [-0.3, -0.25) is 0 Å². The van der Waals surface area contributed by atoms with Crippen LogP contribution < -0.4 is 11.1 Å². The van der Waals surface area contributed by atoms with Gasteiger partial charge in [0.2, 0.25) is 5.95 Å². The molecule has 0 aliphatic carbocycles. The van der Waals surface area contributed by atoms with E-state index in [9.17, 15) is 0 Å². The number of hydrogen-bond donors (Lipinski definition) is 2. The fraction of sp³-hybridized carbons (Fsp3) is 0.667. The third-order valence-corrected chi connectivity index (χ3v) is 1.90. The largest absolute Gasteiger partial charge is 0.356 e. The SMILES string of the molecule is CCNc1nc(CCCN)cn1C. The summed E-state index contributed by atoms with van der Waals surface area (Å²) in [4.78, 5) is 4.43. The number of nitrogens with zero attached hydrogens (tertiary/aromatic N) is 2. The molecule has 0 saturated carbocycles. The lowest BCUT2D eigenvalue weighted by atomic mass is 10.2. The standard InChI is InChI=1S/C9H18N4/c1-3-11-9-12-8(5-4-6-10)7-13(9)2/h7H,3-6,10H2,1-2H3,(H,11,12). The van der Waals surface area contributed by atoms with Crippen LogP contribution >= 0.6 is 0 Å². The first-order valence-electron chi connectivity index (χ1n) is 4.74. The van der Waals surface area contributed by atoms with Crippen molar-refractivity contribution >= 4 is 5.95 Å². The number of hydrogen-bond acceptors (Lipinski definition) is 3. The molecule has 1 aromatic heterocycles. The summed E-state index contributed by atoms with van der Waals surface area (Å²) in [6.45, 7) is 3.70. The molecule has 0 saturated heterocycles. The van der Waals surface area contributed by atoms with E-state index in [0.717, 1.165) is 37.6 Å². The molecule has 0 aromatic carbocycles. The summed E-state index contributed by atoms with van der Waals surface area (Å²) in [6.07, 6.45) is 4.02. The highest BCUT2D eigenvalue weighted by Crippen LogP contribution is 2.07. The Morgan fingerprint density at radius 1 is 1.62 bits per heavy atom. The van der Waals surface area contributed by atoms with Crippen LogP contribution in [0.4, 0.5) is 5.95 Å². The summed E-state index contributed by atoms with van der Waals surface area (Å²) < 4.78 is 2.01. The zero-order valence-electron chi connectivity index (χ0n) is 8.38. The zero-order chi connectivity index (χ0) is 9.68. The Balaban J connectivity index is 2.59. The molecule has 0 radical (unpaired) electrons. The number of anilines is 1. The molecule has 0 aliphatic heterocycles. The second kappa shape index (κ2) is 4.87. The van der Waals surface area contributed by atoms with Crippen LogP contribution in [0.25, 0.3) is 0 Å². The van der Waals surface area contributed by atoms with Gasteiger partial charge < -0.3 is 15.6 Å². The van der Waals surface area contributed by atoms with Crippen LogP contribution in [0.15, 0.2) is 6.20 Å². The Morgan fingerprint density at radius 2 is 2.38 bits per heavy atom. The van der Waals surface area contributed by atoms with E-state index < -0.39 is 0 Å². The molecular weight excluding hydrogens is 164 g/mol. The van der Waals surface area contributed by atoms with Gasteiger partial charge in [0.25, 0.3) is 0 Å². The first kappa shape index (κ1) is 10.1. The van der Waals surface area contributed by atoms with Gasteiger partial charge in [-0.05, 0) is 26.3 Å². The fourth-order valence-corrected chi connectivity index (χ4v) is 1.25. The van der Waals surface area contributed by atoms with Crippen molar-refractivity contribution in [1.29, 1.82) is 0 Å². The Bertz CT molecular complexity index is 254. The average Bonchev–Trinajstić information content (AvgIpc) is 2.45. The maximum atomic E-state index is 5.43. The lowest BCUT2D eigenvalue weighted by Crippen LogP contribution is -2.03. The van der Waals surface area contributed by atoms with Gasteiger partial charge in [0.15, 0.2) is 0 Å². The molecule has 1 heterocycles. The molecule has 1 rings (SSSR count). The zero-order valence-corrected chi connectivity index (χ0v) is 8.38. The van der Waals surface area contributed by atoms with Crippen LogP contribution in [0, 0.1) is 0 Å². The number of nitrogens with two attached hydrogens (primary N) is 1. The minimum atomic E-state index is 0.729. The third kappa shape index (κ3) is 2.73. The molecule has 4 heteroatoms. The van der Waals surface area contributed by atoms with Crippen molar-refractivity contribution in [2.75, 3.05) is 18.4 Å². The number of nitrogens with one attached hydrogen (secondary N) is 1. The predicted molar refractivity (Wildman–Crippen MR) is 54.7 cm³/mol. The van der Waals surface area contributed by atoms with E-state index in [1.165, 1.54) is 0 Å². The summed E-state index contributed by atoms with van der Waals surface area (Å²) in [5, 5.41) is 3.19. The molecule has 0 unspecified atom stereocenters. The van der Waals surface area contributed by atoms with E-state index in [1.807, 2.05) is 17.8 Å². The van der Waals surface area contributed by atoms with Crippen molar-refractivity contribution in [3.8, 4) is 0 Å². The molecule has 0 amide bonds. The minimum Gasteiger partial charge on any atom is -0.356 e. The molecule has 0 fully saturated rings. The predicted octanol–water partition coefficient (Wildman–Crippen LogP) is 0.743. The number of rotatable bonds is 5. The van der Waals surface area contributed by atoms with Gasteiger partial charge >= 0.3 is 0 Å². The first-order valence-corrected chi connectivity index (χ1v) is 4.74. The van der Waals surface area contributed by atoms with Crippen molar-refractivity contribution in [3.63, 3.8) is 0 Å². The minimum absolute atomic E-state index is 0.729. The Labute approximate surface area is 79.1 Å². The highest BCUT2D eigenvalue weighted by atomic mass is 15.2. The number of aromatic nitrogens is 2. The maximum absolute atomic E-state index is 5.43. The van der Waals surface area contributed by atoms with Gasteiger partial charge in [0.05, 0.1) is 5.69 Å². The van der Waals surface area contributed by atoms with Crippen molar-refractivity contribution in [3.05, 3.63) is 11.9 Å². The van der Waals surface area contributed by atoms with Crippen LogP contribution in [0.5, 0.6) is 0 Å². The molecule has 0 atom stereocenters. The Morgan fingerprint density at radius 3 is 3.00 bits per heavy atom. The second-order valence-electron chi connectivity index (χ2n) is 3.09. The Hall–Kier alpha value is -1.03. The molecule has 74 valence electrons. The van der Waals surface area contributed by atoms with Crippen LogP contribution in [-0.2, 0) is 13.5 Å². The highest BCUT2D eigenvalue weighted by Gasteiger charge is 2.02. The van der Waals surface area contributed by atoms with Crippen LogP contribution in [0.3, 0.4) is 0 Å². The topological polar surface area (TPSA) is 55.9 Å². The summed E-state index contributed by atoms with van der Waals surface area (Å²) in [5.74, 6) is 0.939. The van der Waals surface area contributed by atoms with Gasteiger partial charge in [-0.15, -0.1) is 0 Å². The normalized spacial score (nSPS) is 10.4. The number of imidazole rings is 1. The summed E-state index contributed by atoms with van der Waals surface area (Å²) >= 11 is 0. The van der Waals surface area contributed by atoms with Crippen molar-refractivity contribution in [2.45, 2.75) is 19.8 Å². The van der Waals surface area contributed by atoms with Gasteiger partial charge in [-0.2, -0.15) is 0 Å². The third-order valence-electron chi connectivity index (χ3n) is 1.90. The first-order chi connectivity index (χ1) is 6.27. The lowest BCUT2D eigenvalue weighted by molar-refractivity contribution is 0.814. The van der Waals surface area contributed by atoms with Gasteiger partial charge in [0.1, 0.15) is 0 Å². The summed E-state index contributed by atoms with van der Waals surface area (Å²) in [7, 11) is 2.00. The van der Waals surface area contributed by atoms with E-state index in [1.54, 1.807) is 0 Å².